The van der Waals surface area contributed by atoms with E-state index in [9.17, 15) is 8.78 Å². The number of hydrogen-bond donors (Lipinski definition) is 1. The minimum atomic E-state index is -0.551. The van der Waals surface area contributed by atoms with Gasteiger partial charge in [-0.05, 0) is 30.9 Å². The van der Waals surface area contributed by atoms with Crippen LogP contribution in [0.15, 0.2) is 12.1 Å². The van der Waals surface area contributed by atoms with Crippen molar-refractivity contribution >= 4 is 36.4 Å². The second-order valence-electron chi connectivity index (χ2n) is 5.94. The maximum absolute atomic E-state index is 14.5. The van der Waals surface area contributed by atoms with Crippen LogP contribution in [0.2, 0.25) is 5.02 Å². The molecule has 0 radical (unpaired) electrons. The van der Waals surface area contributed by atoms with Gasteiger partial charge in [0.1, 0.15) is 11.6 Å². The molecule has 0 amide bonds. The van der Waals surface area contributed by atoms with Gasteiger partial charge in [0.2, 0.25) is 0 Å². The maximum atomic E-state index is 14.5. The number of rotatable bonds is 3. The summed E-state index contributed by atoms with van der Waals surface area (Å²) in [5.74, 6) is -0.729. The molecule has 1 N–H and O–H groups in total. The molecule has 0 aliphatic carbocycles. The van der Waals surface area contributed by atoms with Crippen LogP contribution in [0.25, 0.3) is 0 Å². The summed E-state index contributed by atoms with van der Waals surface area (Å²) in [5.41, 5.74) is 0.315. The minimum absolute atomic E-state index is 0. The first kappa shape index (κ1) is 21.9. The lowest BCUT2D eigenvalue weighted by Crippen LogP contribution is -2.48. The molecule has 2 saturated heterocycles. The molecule has 0 bridgehead atoms. The molecule has 8 heteroatoms. The summed E-state index contributed by atoms with van der Waals surface area (Å²) in [6.45, 7) is 4.68. The second-order valence-corrected chi connectivity index (χ2v) is 6.32. The molecule has 1 aromatic rings. The Balaban J connectivity index is 0.00000144. The molecule has 1 aromatic carbocycles. The summed E-state index contributed by atoms with van der Waals surface area (Å²) >= 11 is 6.14. The van der Waals surface area contributed by atoms with Crippen LogP contribution >= 0.6 is 36.4 Å². The van der Waals surface area contributed by atoms with Crippen molar-refractivity contribution in [1.29, 1.82) is 0 Å². The maximum Gasteiger partial charge on any atom is 0.142 e. The summed E-state index contributed by atoms with van der Waals surface area (Å²) in [5, 5.41) is 3.22. The first-order valence-corrected chi connectivity index (χ1v) is 8.22. The smallest absolute Gasteiger partial charge is 0.142 e. The Labute approximate surface area is 158 Å². The molecule has 3 nitrogen and oxygen atoms in total. The highest BCUT2D eigenvalue weighted by atomic mass is 35.5. The number of ether oxygens (including phenoxy) is 1. The van der Waals surface area contributed by atoms with Crippen LogP contribution in [0.5, 0.6) is 0 Å². The fourth-order valence-corrected chi connectivity index (χ4v) is 3.79. The monoisotopic (exact) mass is 402 g/mol. The molecular formula is C16H23Cl3F2N2O. The first-order valence-electron chi connectivity index (χ1n) is 7.84. The van der Waals surface area contributed by atoms with Crippen LogP contribution in [0, 0.1) is 17.6 Å². The Bertz CT molecular complexity index is 506. The largest absolute Gasteiger partial charge is 0.381 e. The van der Waals surface area contributed by atoms with Crippen LogP contribution in [-0.2, 0) is 4.74 Å². The highest BCUT2D eigenvalue weighted by molar-refractivity contribution is 6.31. The molecule has 0 saturated carbocycles. The lowest BCUT2D eigenvalue weighted by molar-refractivity contribution is 0.0202. The lowest BCUT2D eigenvalue weighted by atomic mass is 9.85. The topological polar surface area (TPSA) is 24.5 Å². The van der Waals surface area contributed by atoms with E-state index in [1.54, 1.807) is 0 Å². The standard InChI is InChI=1S/C16H21ClF2N2O.2ClH/c17-15-13(19)2-1-12(18)14(15)16(11-3-9-22-10-4-11)21-7-5-20-6-8-21;;/h1-2,11,16,20H,3-10H2;2*1H/t16-;;/m0../s1. The number of benzene rings is 1. The van der Waals surface area contributed by atoms with Gasteiger partial charge >= 0.3 is 0 Å². The van der Waals surface area contributed by atoms with Crippen molar-refractivity contribution in [3.63, 3.8) is 0 Å². The van der Waals surface area contributed by atoms with Gasteiger partial charge in [-0.3, -0.25) is 4.90 Å². The summed E-state index contributed by atoms with van der Waals surface area (Å²) in [6.07, 6.45) is 1.70. The van der Waals surface area contributed by atoms with Crippen LogP contribution in [0.4, 0.5) is 8.78 Å². The van der Waals surface area contributed by atoms with Gasteiger partial charge in [-0.15, -0.1) is 24.8 Å². The predicted octanol–water partition coefficient (Wildman–Crippen LogP) is 3.83. The number of nitrogens with zero attached hydrogens (tertiary/aromatic N) is 1. The van der Waals surface area contributed by atoms with Crippen LogP contribution in [0.1, 0.15) is 24.4 Å². The molecule has 0 aromatic heterocycles. The van der Waals surface area contributed by atoms with E-state index in [0.717, 1.165) is 45.1 Å². The number of piperazine rings is 1. The molecule has 0 spiro atoms. The zero-order valence-electron chi connectivity index (χ0n) is 13.3. The second kappa shape index (κ2) is 10.1. The zero-order chi connectivity index (χ0) is 15.5. The van der Waals surface area contributed by atoms with Gasteiger partial charge in [-0.1, -0.05) is 11.6 Å². The van der Waals surface area contributed by atoms with Gasteiger partial charge in [0.25, 0.3) is 0 Å². The van der Waals surface area contributed by atoms with E-state index in [4.69, 9.17) is 16.3 Å². The van der Waals surface area contributed by atoms with Crippen molar-refractivity contribution in [2.75, 3.05) is 39.4 Å². The third kappa shape index (κ3) is 4.71. The Morgan fingerprint density at radius 1 is 1.08 bits per heavy atom. The van der Waals surface area contributed by atoms with Gasteiger partial charge in [0.15, 0.2) is 0 Å². The molecule has 2 aliphatic rings. The Morgan fingerprint density at radius 3 is 2.29 bits per heavy atom. The molecule has 24 heavy (non-hydrogen) atoms. The summed E-state index contributed by atoms with van der Waals surface area (Å²) in [7, 11) is 0. The summed E-state index contributed by atoms with van der Waals surface area (Å²) < 4.78 is 33.8. The molecule has 2 aliphatic heterocycles. The van der Waals surface area contributed by atoms with Gasteiger partial charge in [-0.25, -0.2) is 8.78 Å². The third-order valence-electron chi connectivity index (χ3n) is 4.63. The van der Waals surface area contributed by atoms with Gasteiger partial charge in [0.05, 0.1) is 5.02 Å². The Morgan fingerprint density at radius 2 is 1.67 bits per heavy atom. The van der Waals surface area contributed by atoms with Gasteiger partial charge in [-0.2, -0.15) is 0 Å². The van der Waals surface area contributed by atoms with Crippen molar-refractivity contribution in [3.8, 4) is 0 Å². The highest BCUT2D eigenvalue weighted by Gasteiger charge is 2.35. The molecule has 138 valence electrons. The van der Waals surface area contributed by atoms with E-state index in [1.165, 1.54) is 6.07 Å². The zero-order valence-corrected chi connectivity index (χ0v) is 15.7. The van der Waals surface area contributed by atoms with E-state index in [-0.39, 0.29) is 41.8 Å². The van der Waals surface area contributed by atoms with Crippen LogP contribution in [-0.4, -0.2) is 44.3 Å². The van der Waals surface area contributed by atoms with Crippen molar-refractivity contribution in [3.05, 3.63) is 34.4 Å². The Kier molecular flexibility index (Phi) is 9.20. The van der Waals surface area contributed by atoms with Crippen molar-refractivity contribution in [2.45, 2.75) is 18.9 Å². The van der Waals surface area contributed by atoms with Gasteiger partial charge < -0.3 is 10.1 Å². The SMILES string of the molecule is Cl.Cl.Fc1ccc(F)c([C@H](C2CCOCC2)N2CCNCC2)c1Cl. The lowest BCUT2D eigenvalue weighted by Gasteiger charge is -2.41. The molecule has 3 rings (SSSR count). The quantitative estimate of drug-likeness (QED) is 0.776. The Hall–Kier alpha value is -0.170. The summed E-state index contributed by atoms with van der Waals surface area (Å²) in [4.78, 5) is 2.23. The van der Waals surface area contributed by atoms with E-state index in [0.29, 0.717) is 18.8 Å². The average Bonchev–Trinajstić information content (AvgIpc) is 2.57. The molecular weight excluding hydrogens is 381 g/mol. The first-order chi connectivity index (χ1) is 10.7. The van der Waals surface area contributed by atoms with E-state index >= 15 is 0 Å². The van der Waals surface area contributed by atoms with Crippen molar-refractivity contribution in [2.24, 2.45) is 5.92 Å². The predicted molar refractivity (Wildman–Crippen MR) is 96.6 cm³/mol. The number of halogens is 5. The number of nitrogens with one attached hydrogen (secondary N) is 1. The molecule has 2 heterocycles. The van der Waals surface area contributed by atoms with E-state index in [2.05, 4.69) is 10.2 Å². The highest BCUT2D eigenvalue weighted by Crippen LogP contribution is 2.40. The molecule has 1 atom stereocenters. The van der Waals surface area contributed by atoms with Crippen molar-refractivity contribution in [1.82, 2.24) is 10.2 Å². The third-order valence-corrected chi connectivity index (χ3v) is 5.02. The normalized spacial score (nSPS) is 20.8. The van der Waals surface area contributed by atoms with E-state index < -0.39 is 11.6 Å². The fraction of sp³-hybridized carbons (Fsp3) is 0.625. The fourth-order valence-electron chi connectivity index (χ4n) is 3.52. The number of hydrogen-bond acceptors (Lipinski definition) is 3. The van der Waals surface area contributed by atoms with E-state index in [1.807, 2.05) is 0 Å². The molecule has 2 fully saturated rings. The van der Waals surface area contributed by atoms with Crippen LogP contribution < -0.4 is 5.32 Å². The van der Waals surface area contributed by atoms with Crippen molar-refractivity contribution < 1.29 is 13.5 Å². The van der Waals surface area contributed by atoms with Crippen LogP contribution in [0.3, 0.4) is 0 Å². The summed E-state index contributed by atoms with van der Waals surface area (Å²) in [6, 6.07) is 2.10. The molecule has 0 unspecified atom stereocenters. The minimum Gasteiger partial charge on any atom is -0.381 e. The van der Waals surface area contributed by atoms with Gasteiger partial charge in [0, 0.05) is 51.0 Å². The average molecular weight is 404 g/mol.